The second-order valence-electron chi connectivity index (χ2n) is 5.67. The summed E-state index contributed by atoms with van der Waals surface area (Å²) in [4.78, 5) is 37.6. The van der Waals surface area contributed by atoms with E-state index in [-0.39, 0.29) is 24.9 Å². The molecule has 2 aromatic rings. The zero-order valence-electron chi connectivity index (χ0n) is 13.5. The molecule has 0 unspecified atom stereocenters. The normalized spacial score (nSPS) is 13.0. The molecule has 25 heavy (non-hydrogen) atoms. The number of urea groups is 1. The standard InChI is InChI=1S/C18H16BrN3O3/c1-11-6-7-15(14(19)10-11)21-18(25)20-8-9-22-16(23)12-4-2-3-5-13(12)17(22)24/h2-7,10H,8-9H2,1H3,(H2,20,21,25). The average molecular weight is 402 g/mol. The molecule has 128 valence electrons. The van der Waals surface area contributed by atoms with Crippen LogP contribution in [0.3, 0.4) is 0 Å². The summed E-state index contributed by atoms with van der Waals surface area (Å²) >= 11 is 3.39. The Kier molecular flexibility index (Phi) is 4.85. The van der Waals surface area contributed by atoms with Crippen LogP contribution in [-0.2, 0) is 0 Å². The van der Waals surface area contributed by atoms with Crippen LogP contribution in [0.15, 0.2) is 46.9 Å². The maximum Gasteiger partial charge on any atom is 0.319 e. The maximum absolute atomic E-state index is 12.2. The highest BCUT2D eigenvalue weighted by molar-refractivity contribution is 9.10. The van der Waals surface area contributed by atoms with Gasteiger partial charge in [-0.2, -0.15) is 0 Å². The van der Waals surface area contributed by atoms with Crippen LogP contribution in [0.2, 0.25) is 0 Å². The first kappa shape index (κ1) is 17.2. The number of anilines is 1. The number of rotatable bonds is 4. The van der Waals surface area contributed by atoms with Crippen LogP contribution in [0.5, 0.6) is 0 Å². The first-order chi connectivity index (χ1) is 12.0. The number of hydrogen-bond donors (Lipinski definition) is 2. The number of nitrogens with zero attached hydrogens (tertiary/aromatic N) is 1. The lowest BCUT2D eigenvalue weighted by Gasteiger charge is -2.15. The van der Waals surface area contributed by atoms with E-state index in [1.54, 1.807) is 30.3 Å². The Bertz CT molecular complexity index is 831. The van der Waals surface area contributed by atoms with Crippen molar-refractivity contribution in [2.24, 2.45) is 0 Å². The van der Waals surface area contributed by atoms with Gasteiger partial charge in [-0.3, -0.25) is 14.5 Å². The SMILES string of the molecule is Cc1ccc(NC(=O)NCCN2C(=O)c3ccccc3C2=O)c(Br)c1. The van der Waals surface area contributed by atoms with Gasteiger partial charge < -0.3 is 10.6 Å². The quantitative estimate of drug-likeness (QED) is 0.772. The van der Waals surface area contributed by atoms with Crippen molar-refractivity contribution in [3.63, 3.8) is 0 Å². The Hall–Kier alpha value is -2.67. The van der Waals surface area contributed by atoms with E-state index in [4.69, 9.17) is 0 Å². The third kappa shape index (κ3) is 3.56. The van der Waals surface area contributed by atoms with Gasteiger partial charge in [0.2, 0.25) is 0 Å². The predicted molar refractivity (Wildman–Crippen MR) is 97.7 cm³/mol. The fourth-order valence-electron chi connectivity index (χ4n) is 2.61. The van der Waals surface area contributed by atoms with E-state index in [1.807, 2.05) is 19.1 Å². The summed E-state index contributed by atoms with van der Waals surface area (Å²) in [5.74, 6) is -0.659. The number of carbonyl (C=O) groups is 3. The van der Waals surface area contributed by atoms with Gasteiger partial charge in [0.1, 0.15) is 0 Å². The van der Waals surface area contributed by atoms with Gasteiger partial charge in [0.25, 0.3) is 11.8 Å². The number of fused-ring (bicyclic) bond motifs is 1. The highest BCUT2D eigenvalue weighted by atomic mass is 79.9. The fraction of sp³-hybridized carbons (Fsp3) is 0.167. The van der Waals surface area contributed by atoms with Gasteiger partial charge in [-0.05, 0) is 52.7 Å². The van der Waals surface area contributed by atoms with Crippen LogP contribution < -0.4 is 10.6 Å². The largest absolute Gasteiger partial charge is 0.336 e. The lowest BCUT2D eigenvalue weighted by molar-refractivity contribution is 0.0656. The van der Waals surface area contributed by atoms with Crippen molar-refractivity contribution in [1.82, 2.24) is 10.2 Å². The van der Waals surface area contributed by atoms with Crippen molar-refractivity contribution in [2.45, 2.75) is 6.92 Å². The van der Waals surface area contributed by atoms with Crippen molar-refractivity contribution in [3.05, 3.63) is 63.6 Å². The molecule has 0 atom stereocenters. The molecule has 1 aliphatic heterocycles. The molecule has 0 spiro atoms. The zero-order valence-corrected chi connectivity index (χ0v) is 15.1. The van der Waals surface area contributed by atoms with Gasteiger partial charge in [0.15, 0.2) is 0 Å². The number of benzene rings is 2. The molecule has 0 saturated heterocycles. The van der Waals surface area contributed by atoms with Gasteiger partial charge in [0.05, 0.1) is 16.8 Å². The van der Waals surface area contributed by atoms with Crippen molar-refractivity contribution >= 4 is 39.5 Å². The second-order valence-corrected chi connectivity index (χ2v) is 6.53. The van der Waals surface area contributed by atoms with Crippen LogP contribution >= 0.6 is 15.9 Å². The van der Waals surface area contributed by atoms with Crippen molar-refractivity contribution in [1.29, 1.82) is 0 Å². The molecule has 0 bridgehead atoms. The number of carbonyl (C=O) groups excluding carboxylic acids is 3. The van der Waals surface area contributed by atoms with Crippen LogP contribution in [0, 0.1) is 6.92 Å². The van der Waals surface area contributed by atoms with Gasteiger partial charge in [-0.1, -0.05) is 18.2 Å². The van der Waals surface area contributed by atoms with Crippen molar-refractivity contribution < 1.29 is 14.4 Å². The molecule has 3 rings (SSSR count). The smallest absolute Gasteiger partial charge is 0.319 e. The van der Waals surface area contributed by atoms with Crippen LogP contribution in [0.25, 0.3) is 0 Å². The van der Waals surface area contributed by atoms with E-state index < -0.39 is 6.03 Å². The molecule has 2 aromatic carbocycles. The highest BCUT2D eigenvalue weighted by Gasteiger charge is 2.34. The summed E-state index contributed by atoms with van der Waals surface area (Å²) < 4.78 is 0.781. The van der Waals surface area contributed by atoms with E-state index in [0.717, 1.165) is 14.9 Å². The molecule has 1 aliphatic rings. The summed E-state index contributed by atoms with van der Waals surface area (Å²) in [6.45, 7) is 2.24. The number of hydrogen-bond acceptors (Lipinski definition) is 3. The average Bonchev–Trinajstić information content (AvgIpc) is 2.83. The van der Waals surface area contributed by atoms with E-state index in [9.17, 15) is 14.4 Å². The summed E-state index contributed by atoms with van der Waals surface area (Å²) in [7, 11) is 0. The molecular formula is C18H16BrN3O3. The predicted octanol–water partition coefficient (Wildman–Crippen LogP) is 3.18. The van der Waals surface area contributed by atoms with Crippen LogP contribution in [0.4, 0.5) is 10.5 Å². The number of nitrogens with one attached hydrogen (secondary N) is 2. The van der Waals surface area contributed by atoms with Gasteiger partial charge in [-0.25, -0.2) is 4.79 Å². The minimum Gasteiger partial charge on any atom is -0.336 e. The van der Waals surface area contributed by atoms with E-state index in [1.165, 1.54) is 0 Å². The summed E-state index contributed by atoms with van der Waals surface area (Å²) in [6, 6.07) is 11.9. The Balaban J connectivity index is 1.54. The molecule has 6 nitrogen and oxygen atoms in total. The fourth-order valence-corrected chi connectivity index (χ4v) is 3.20. The summed E-state index contributed by atoms with van der Waals surface area (Å²) in [5.41, 5.74) is 2.52. The number of amides is 4. The third-order valence-electron chi connectivity index (χ3n) is 3.87. The van der Waals surface area contributed by atoms with Crippen molar-refractivity contribution in [2.75, 3.05) is 18.4 Å². The first-order valence-corrected chi connectivity index (χ1v) is 8.53. The molecule has 4 amide bonds. The molecule has 7 heteroatoms. The molecule has 0 aliphatic carbocycles. The topological polar surface area (TPSA) is 78.5 Å². The Labute approximate surface area is 153 Å². The molecule has 0 aromatic heterocycles. The zero-order chi connectivity index (χ0) is 18.0. The number of imide groups is 1. The monoisotopic (exact) mass is 401 g/mol. The maximum atomic E-state index is 12.2. The summed E-state index contributed by atoms with van der Waals surface area (Å²) in [5, 5.41) is 5.37. The van der Waals surface area contributed by atoms with Crippen molar-refractivity contribution in [3.8, 4) is 0 Å². The molecule has 0 radical (unpaired) electrons. The number of aryl methyl sites for hydroxylation is 1. The Morgan fingerprint density at radius 2 is 1.72 bits per heavy atom. The Morgan fingerprint density at radius 1 is 1.08 bits per heavy atom. The number of halogens is 1. The molecule has 2 N–H and O–H groups in total. The lowest BCUT2D eigenvalue weighted by atomic mass is 10.1. The minimum absolute atomic E-state index is 0.120. The molecule has 0 saturated carbocycles. The van der Waals surface area contributed by atoms with E-state index in [0.29, 0.717) is 16.8 Å². The minimum atomic E-state index is -0.402. The van der Waals surface area contributed by atoms with Gasteiger partial charge in [0, 0.05) is 17.6 Å². The second kappa shape index (κ2) is 7.06. The molecule has 0 fully saturated rings. The third-order valence-corrected chi connectivity index (χ3v) is 4.53. The highest BCUT2D eigenvalue weighted by Crippen LogP contribution is 2.23. The van der Waals surface area contributed by atoms with E-state index >= 15 is 0 Å². The lowest BCUT2D eigenvalue weighted by Crippen LogP contribution is -2.39. The summed E-state index contributed by atoms with van der Waals surface area (Å²) in [6.07, 6.45) is 0. The first-order valence-electron chi connectivity index (χ1n) is 7.73. The van der Waals surface area contributed by atoms with E-state index in [2.05, 4.69) is 26.6 Å². The Morgan fingerprint density at radius 3 is 2.32 bits per heavy atom. The molecular weight excluding hydrogens is 386 g/mol. The molecule has 1 heterocycles. The van der Waals surface area contributed by atoms with Gasteiger partial charge in [-0.15, -0.1) is 0 Å². The van der Waals surface area contributed by atoms with Gasteiger partial charge >= 0.3 is 6.03 Å². The van der Waals surface area contributed by atoms with Crippen LogP contribution in [0.1, 0.15) is 26.3 Å². The van der Waals surface area contributed by atoms with Crippen LogP contribution in [-0.4, -0.2) is 35.8 Å².